The smallest absolute Gasteiger partial charge is 0.0287 e. The van der Waals surface area contributed by atoms with Crippen molar-refractivity contribution < 1.29 is 0 Å². The molecule has 0 aliphatic heterocycles. The van der Waals surface area contributed by atoms with Gasteiger partial charge in [-0.05, 0) is 67.4 Å². The van der Waals surface area contributed by atoms with Gasteiger partial charge in [-0.2, -0.15) is 0 Å². The molecule has 0 radical (unpaired) electrons. The maximum atomic E-state index is 2.51. The van der Waals surface area contributed by atoms with E-state index in [0.29, 0.717) is 0 Å². The van der Waals surface area contributed by atoms with Crippen LogP contribution in [0.5, 0.6) is 0 Å². The normalized spacial score (nSPS) is 12.7. The third-order valence-corrected chi connectivity index (χ3v) is 7.19. The van der Waals surface area contributed by atoms with Crippen molar-refractivity contribution in [1.29, 1.82) is 0 Å². The molecule has 4 aromatic rings. The van der Waals surface area contributed by atoms with Gasteiger partial charge < -0.3 is 0 Å². The molecule has 0 aliphatic rings. The van der Waals surface area contributed by atoms with E-state index in [1.54, 1.807) is 0 Å². The molecule has 4 rings (SSSR count). The zero-order valence-electron chi connectivity index (χ0n) is 16.3. The Morgan fingerprint density at radius 3 is 0.833 bits per heavy atom. The minimum absolute atomic E-state index is 1.22. The zero-order valence-corrected chi connectivity index (χ0v) is 20.6. The Balaban J connectivity index is 2.07. The van der Waals surface area contributed by atoms with E-state index in [1.165, 1.54) is 40.6 Å². The van der Waals surface area contributed by atoms with Crippen molar-refractivity contribution in [2.24, 2.45) is 0 Å². The van der Waals surface area contributed by atoms with E-state index in [1.807, 2.05) is 0 Å². The Kier molecular flexibility index (Phi) is 7.18. The topological polar surface area (TPSA) is 0 Å². The highest BCUT2D eigenvalue weighted by atomic mass is 127. The summed E-state index contributed by atoms with van der Waals surface area (Å²) in [5.41, 5.74) is 7.39. The van der Waals surface area contributed by atoms with E-state index in [-0.39, 0.29) is 0 Å². The van der Waals surface area contributed by atoms with Gasteiger partial charge in [-0.25, -0.2) is 0 Å². The molecule has 0 fully saturated rings. The number of halogens is 2. The van der Waals surface area contributed by atoms with Gasteiger partial charge in [-0.15, -0.1) is 0 Å². The van der Waals surface area contributed by atoms with Gasteiger partial charge in [-0.1, -0.05) is 121 Å². The molecule has 0 aromatic heterocycles. The molecule has 0 atom stereocenters. The van der Waals surface area contributed by atoms with Gasteiger partial charge in [0.05, 0.1) is 0 Å². The van der Waals surface area contributed by atoms with Gasteiger partial charge in [0.1, 0.15) is 0 Å². The average molecular weight is 610 g/mol. The third-order valence-electron chi connectivity index (χ3n) is 4.87. The second-order valence-corrected chi connectivity index (χ2v) is 9.00. The van der Waals surface area contributed by atoms with E-state index in [9.17, 15) is 0 Å². The highest BCUT2D eigenvalue weighted by Crippen LogP contribution is 2.45. The molecule has 4 aromatic carbocycles. The summed E-state index contributed by atoms with van der Waals surface area (Å²) in [6, 6.07) is 42.7. The minimum atomic E-state index is 1.22. The molecule has 2 heteroatoms. The van der Waals surface area contributed by atoms with Crippen LogP contribution in [0.3, 0.4) is 0 Å². The summed E-state index contributed by atoms with van der Waals surface area (Å²) in [7, 11) is 0. The molecule has 0 nitrogen and oxygen atoms in total. The molecule has 146 valence electrons. The van der Waals surface area contributed by atoms with Gasteiger partial charge in [0, 0.05) is 18.3 Å². The summed E-state index contributed by atoms with van der Waals surface area (Å²) >= 11 is 5.02. The maximum absolute atomic E-state index is 2.51. The molecule has 0 spiro atoms. The summed E-state index contributed by atoms with van der Waals surface area (Å²) < 4.78 is 2.48. The summed E-state index contributed by atoms with van der Waals surface area (Å²) in [4.78, 5) is 0. The largest absolute Gasteiger partial charge is 0.0622 e. The summed E-state index contributed by atoms with van der Waals surface area (Å²) in [5, 5.41) is 0. The molecule has 0 amide bonds. The standard InChI is InChI=1S/C28H20I2/c29-27(23-17-9-3-10-18-23)25(21-13-5-1-6-14-21)26(22-15-7-2-8-16-22)28(30)24-19-11-4-12-20-24/h1-20H. The molecular weight excluding hydrogens is 590 g/mol. The first-order valence-corrected chi connectivity index (χ1v) is 11.9. The fourth-order valence-corrected chi connectivity index (χ4v) is 5.31. The third kappa shape index (κ3) is 4.76. The number of allylic oxidation sites excluding steroid dienone is 2. The molecule has 0 bridgehead atoms. The molecule has 0 saturated carbocycles. The Hall–Kier alpha value is -2.18. The van der Waals surface area contributed by atoms with E-state index in [0.717, 1.165) is 0 Å². The van der Waals surface area contributed by atoms with Crippen LogP contribution in [-0.2, 0) is 0 Å². The molecule has 30 heavy (non-hydrogen) atoms. The lowest BCUT2D eigenvalue weighted by Crippen LogP contribution is -1.96. The molecule has 0 heterocycles. The Morgan fingerprint density at radius 2 is 0.567 bits per heavy atom. The minimum Gasteiger partial charge on any atom is -0.0622 e. The fourth-order valence-electron chi connectivity index (χ4n) is 3.43. The lowest BCUT2D eigenvalue weighted by Gasteiger charge is -2.19. The van der Waals surface area contributed by atoms with Gasteiger partial charge in [0.25, 0.3) is 0 Å². The summed E-state index contributed by atoms with van der Waals surface area (Å²) in [6.45, 7) is 0. The van der Waals surface area contributed by atoms with Crippen molar-refractivity contribution in [3.05, 3.63) is 144 Å². The molecule has 0 aliphatic carbocycles. The second-order valence-electron chi connectivity index (χ2n) is 6.84. The van der Waals surface area contributed by atoms with Gasteiger partial charge >= 0.3 is 0 Å². The van der Waals surface area contributed by atoms with Crippen molar-refractivity contribution in [3.63, 3.8) is 0 Å². The monoisotopic (exact) mass is 610 g/mol. The van der Waals surface area contributed by atoms with Crippen LogP contribution in [0.25, 0.3) is 18.3 Å². The lowest BCUT2D eigenvalue weighted by atomic mass is 9.89. The Bertz CT molecular complexity index is 1060. The van der Waals surface area contributed by atoms with E-state index in [2.05, 4.69) is 167 Å². The number of benzene rings is 4. The van der Waals surface area contributed by atoms with Crippen LogP contribution < -0.4 is 0 Å². The quantitative estimate of drug-likeness (QED) is 0.120. The maximum Gasteiger partial charge on any atom is 0.0287 e. The predicted octanol–water partition coefficient (Wildman–Crippen LogP) is 8.99. The van der Waals surface area contributed by atoms with Crippen molar-refractivity contribution in [1.82, 2.24) is 0 Å². The summed E-state index contributed by atoms with van der Waals surface area (Å²) in [5.74, 6) is 0. The SMILES string of the molecule is IC(=C(C(=C(I)c1ccccc1)c1ccccc1)c1ccccc1)c1ccccc1. The highest BCUT2D eigenvalue weighted by Gasteiger charge is 2.19. The van der Waals surface area contributed by atoms with Crippen LogP contribution in [0.2, 0.25) is 0 Å². The number of hydrogen-bond acceptors (Lipinski definition) is 0. The fraction of sp³-hybridized carbons (Fsp3) is 0. The van der Waals surface area contributed by atoms with Crippen LogP contribution in [0.15, 0.2) is 121 Å². The van der Waals surface area contributed by atoms with Gasteiger partial charge in [0.2, 0.25) is 0 Å². The van der Waals surface area contributed by atoms with E-state index < -0.39 is 0 Å². The second kappa shape index (κ2) is 10.2. The van der Waals surface area contributed by atoms with Crippen LogP contribution in [-0.4, -0.2) is 0 Å². The van der Waals surface area contributed by atoms with Crippen LogP contribution in [0.4, 0.5) is 0 Å². The molecule has 0 saturated heterocycles. The van der Waals surface area contributed by atoms with Gasteiger partial charge in [-0.3, -0.25) is 0 Å². The van der Waals surface area contributed by atoms with Crippen molar-refractivity contribution >= 4 is 63.5 Å². The zero-order chi connectivity index (χ0) is 20.8. The Labute approximate surface area is 205 Å². The highest BCUT2D eigenvalue weighted by molar-refractivity contribution is 14.1. The van der Waals surface area contributed by atoms with Crippen molar-refractivity contribution in [2.75, 3.05) is 0 Å². The molecular formula is C28H20I2. The first-order chi connectivity index (χ1) is 14.8. The Morgan fingerprint density at radius 1 is 0.333 bits per heavy atom. The first-order valence-electron chi connectivity index (χ1n) is 9.77. The van der Waals surface area contributed by atoms with Crippen molar-refractivity contribution in [2.45, 2.75) is 0 Å². The average Bonchev–Trinajstić information content (AvgIpc) is 2.84. The van der Waals surface area contributed by atoms with E-state index >= 15 is 0 Å². The lowest BCUT2D eigenvalue weighted by molar-refractivity contribution is 1.58. The van der Waals surface area contributed by atoms with Gasteiger partial charge in [0.15, 0.2) is 0 Å². The predicted molar refractivity (Wildman–Crippen MR) is 147 cm³/mol. The number of rotatable bonds is 5. The first kappa shape index (κ1) is 21.1. The summed E-state index contributed by atoms with van der Waals surface area (Å²) in [6.07, 6.45) is 0. The van der Waals surface area contributed by atoms with E-state index in [4.69, 9.17) is 0 Å². The molecule has 0 N–H and O–H groups in total. The van der Waals surface area contributed by atoms with Crippen LogP contribution >= 0.6 is 45.2 Å². The molecule has 0 unspecified atom stereocenters. The van der Waals surface area contributed by atoms with Crippen LogP contribution in [0.1, 0.15) is 22.3 Å². The van der Waals surface area contributed by atoms with Crippen LogP contribution in [0, 0.1) is 0 Å². The number of hydrogen-bond donors (Lipinski definition) is 0. The van der Waals surface area contributed by atoms with Crippen molar-refractivity contribution in [3.8, 4) is 0 Å².